The van der Waals surface area contributed by atoms with E-state index in [4.69, 9.17) is 20.8 Å². The van der Waals surface area contributed by atoms with Crippen molar-refractivity contribution in [2.24, 2.45) is 0 Å². The lowest BCUT2D eigenvalue weighted by atomic mass is 10.2. The number of thioether (sulfide) groups is 1. The molecule has 0 bridgehead atoms. The minimum Gasteiger partial charge on any atom is -0.484 e. The summed E-state index contributed by atoms with van der Waals surface area (Å²) in [6.07, 6.45) is 0. The van der Waals surface area contributed by atoms with E-state index in [1.165, 1.54) is 18.2 Å². The number of ether oxygens (including phenoxy) is 1. The molecule has 0 aliphatic rings. The molecule has 0 saturated carbocycles. The van der Waals surface area contributed by atoms with Crippen LogP contribution >= 0.6 is 23.4 Å². The number of aromatic nitrogens is 2. The largest absolute Gasteiger partial charge is 0.484 e. The smallest absolute Gasteiger partial charge is 0.289 e. The number of hydrogen-bond donors (Lipinski definition) is 1. The van der Waals surface area contributed by atoms with E-state index in [1.807, 2.05) is 31.2 Å². The van der Waals surface area contributed by atoms with E-state index in [-0.39, 0.29) is 45.8 Å². The maximum atomic E-state index is 12.1. The highest BCUT2D eigenvalue weighted by Gasteiger charge is 2.15. The van der Waals surface area contributed by atoms with E-state index in [0.717, 1.165) is 23.1 Å². The zero-order valence-corrected chi connectivity index (χ0v) is 16.7. The third kappa shape index (κ3) is 5.69. The molecular formula is C18H15ClN4O5S. The molecule has 1 N–H and O–H groups in total. The van der Waals surface area contributed by atoms with Crippen LogP contribution in [-0.4, -0.2) is 26.8 Å². The molecule has 0 atom stereocenters. The molecule has 3 aromatic rings. The quantitative estimate of drug-likeness (QED) is 0.317. The van der Waals surface area contributed by atoms with Gasteiger partial charge in [-0.1, -0.05) is 41.6 Å². The van der Waals surface area contributed by atoms with Gasteiger partial charge in [0.05, 0.1) is 10.7 Å². The zero-order chi connectivity index (χ0) is 20.8. The lowest BCUT2D eigenvalue weighted by molar-refractivity contribution is -0.384. The summed E-state index contributed by atoms with van der Waals surface area (Å²) in [5.74, 6) is 0.597. The first-order valence-electron chi connectivity index (χ1n) is 8.30. The number of amides is 1. The molecule has 0 unspecified atom stereocenters. The molecule has 0 aliphatic carbocycles. The lowest BCUT2D eigenvalue weighted by Gasteiger charge is -2.05. The third-order valence-electron chi connectivity index (χ3n) is 3.65. The Hall–Kier alpha value is -3.11. The van der Waals surface area contributed by atoms with Gasteiger partial charge in [-0.2, -0.15) is 0 Å². The second kappa shape index (κ2) is 9.39. The summed E-state index contributed by atoms with van der Waals surface area (Å²) < 4.78 is 11.1. The van der Waals surface area contributed by atoms with Crippen LogP contribution in [0.15, 0.2) is 52.1 Å². The van der Waals surface area contributed by atoms with E-state index in [9.17, 15) is 14.9 Å². The summed E-state index contributed by atoms with van der Waals surface area (Å²) in [5, 5.41) is 21.4. The fourth-order valence-corrected chi connectivity index (χ4v) is 3.03. The predicted molar refractivity (Wildman–Crippen MR) is 107 cm³/mol. The van der Waals surface area contributed by atoms with E-state index in [1.54, 1.807) is 0 Å². The molecule has 0 spiro atoms. The van der Waals surface area contributed by atoms with Crippen molar-refractivity contribution in [3.05, 3.63) is 69.1 Å². The first-order chi connectivity index (χ1) is 13.9. The van der Waals surface area contributed by atoms with Gasteiger partial charge in [-0.3, -0.25) is 14.9 Å². The number of nitro groups is 1. The van der Waals surface area contributed by atoms with E-state index in [2.05, 4.69) is 15.5 Å². The van der Waals surface area contributed by atoms with Crippen molar-refractivity contribution in [3.8, 4) is 5.75 Å². The summed E-state index contributed by atoms with van der Waals surface area (Å²) in [6.45, 7) is 2.04. The number of nitrogens with one attached hydrogen (secondary N) is 1. The van der Waals surface area contributed by atoms with Crippen LogP contribution in [0, 0.1) is 17.0 Å². The topological polar surface area (TPSA) is 120 Å². The number of nitrogens with zero attached hydrogens (tertiary/aromatic N) is 3. The van der Waals surface area contributed by atoms with Crippen molar-refractivity contribution in [3.63, 3.8) is 0 Å². The van der Waals surface area contributed by atoms with Crippen LogP contribution in [0.3, 0.4) is 0 Å². The summed E-state index contributed by atoms with van der Waals surface area (Å²) in [6, 6.07) is 11.6. The van der Waals surface area contributed by atoms with E-state index in [0.29, 0.717) is 0 Å². The minimum absolute atomic E-state index is 0.00585. The molecule has 0 fully saturated rings. The maximum Gasteiger partial charge on any atom is 0.289 e. The van der Waals surface area contributed by atoms with E-state index >= 15 is 0 Å². The number of carbonyl (C=O) groups is 1. The van der Waals surface area contributed by atoms with Gasteiger partial charge in [0.2, 0.25) is 5.91 Å². The first-order valence-corrected chi connectivity index (χ1v) is 9.66. The van der Waals surface area contributed by atoms with Crippen LogP contribution in [-0.2, 0) is 11.4 Å². The van der Waals surface area contributed by atoms with Gasteiger partial charge >= 0.3 is 0 Å². The molecule has 1 aromatic heterocycles. The second-order valence-electron chi connectivity index (χ2n) is 5.78. The number of halogens is 1. The average Bonchev–Trinajstić information content (AvgIpc) is 3.15. The average molecular weight is 435 g/mol. The van der Waals surface area contributed by atoms with Crippen LogP contribution in [0.2, 0.25) is 5.02 Å². The number of rotatable bonds is 8. The third-order valence-corrected chi connectivity index (χ3v) is 4.78. The molecule has 150 valence electrons. The molecular weight excluding hydrogens is 420 g/mol. The Morgan fingerprint density at radius 3 is 2.86 bits per heavy atom. The highest BCUT2D eigenvalue weighted by Crippen LogP contribution is 2.27. The van der Waals surface area contributed by atoms with Crippen LogP contribution in [0.5, 0.6) is 5.75 Å². The molecule has 1 heterocycles. The number of para-hydroxylation sites is 1. The van der Waals surface area contributed by atoms with Crippen LogP contribution in [0.1, 0.15) is 11.5 Å². The Bertz CT molecular complexity index is 1040. The molecule has 3 rings (SSSR count). The Balaban J connectivity index is 1.50. The van der Waals surface area contributed by atoms with Crippen molar-refractivity contribution < 1.29 is 18.9 Å². The Labute approximate surface area is 174 Å². The van der Waals surface area contributed by atoms with Crippen molar-refractivity contribution >= 4 is 40.6 Å². The van der Waals surface area contributed by atoms with Gasteiger partial charge in [-0.25, -0.2) is 0 Å². The summed E-state index contributed by atoms with van der Waals surface area (Å²) in [4.78, 5) is 22.3. The van der Waals surface area contributed by atoms with E-state index < -0.39 is 4.92 Å². The van der Waals surface area contributed by atoms with Crippen LogP contribution in [0.4, 0.5) is 11.4 Å². The second-order valence-corrected chi connectivity index (χ2v) is 7.11. The number of aryl methyl sites for hydroxylation is 1. The molecule has 11 heteroatoms. The number of hydrogen-bond acceptors (Lipinski definition) is 8. The highest BCUT2D eigenvalue weighted by molar-refractivity contribution is 7.99. The van der Waals surface area contributed by atoms with Crippen molar-refractivity contribution in [2.45, 2.75) is 18.8 Å². The van der Waals surface area contributed by atoms with Crippen molar-refractivity contribution in [2.75, 3.05) is 11.1 Å². The Kier molecular flexibility index (Phi) is 6.68. The fraction of sp³-hybridized carbons (Fsp3) is 0.167. The first kappa shape index (κ1) is 20.6. The molecule has 29 heavy (non-hydrogen) atoms. The number of benzene rings is 2. The normalized spacial score (nSPS) is 10.6. The molecule has 0 aliphatic heterocycles. The predicted octanol–water partition coefficient (Wildman–Crippen LogP) is 4.25. The van der Waals surface area contributed by atoms with Crippen LogP contribution < -0.4 is 10.1 Å². The molecule has 9 nitrogen and oxygen atoms in total. The van der Waals surface area contributed by atoms with Crippen LogP contribution in [0.25, 0.3) is 0 Å². The van der Waals surface area contributed by atoms with Crippen molar-refractivity contribution in [1.82, 2.24) is 10.2 Å². The monoisotopic (exact) mass is 434 g/mol. The summed E-state index contributed by atoms with van der Waals surface area (Å²) in [7, 11) is 0. The van der Waals surface area contributed by atoms with Gasteiger partial charge in [-0.15, -0.1) is 10.2 Å². The molecule has 1 amide bonds. The number of anilines is 1. The van der Waals surface area contributed by atoms with Gasteiger partial charge in [0.1, 0.15) is 10.8 Å². The van der Waals surface area contributed by atoms with Gasteiger partial charge in [0.15, 0.2) is 6.61 Å². The van der Waals surface area contributed by atoms with Crippen molar-refractivity contribution in [1.29, 1.82) is 0 Å². The molecule has 0 saturated heterocycles. The van der Waals surface area contributed by atoms with Gasteiger partial charge < -0.3 is 14.5 Å². The lowest BCUT2D eigenvalue weighted by Crippen LogP contribution is -2.14. The number of nitro benzene ring substituents is 1. The standard InChI is InChI=1S/C18H15ClN4O5S/c1-11-4-2-3-5-15(11)27-9-17-21-22-18(28-17)29-10-16(24)20-12-6-7-13(19)14(8-12)23(25)26/h2-8H,9-10H2,1H3,(H,20,24). The number of carbonyl (C=O) groups excluding carboxylic acids is 1. The maximum absolute atomic E-state index is 12.1. The summed E-state index contributed by atoms with van der Waals surface area (Å²) >= 11 is 6.79. The SMILES string of the molecule is Cc1ccccc1OCc1nnc(SCC(=O)Nc2ccc(Cl)c([N+](=O)[O-])c2)o1. The zero-order valence-electron chi connectivity index (χ0n) is 15.1. The fourth-order valence-electron chi connectivity index (χ4n) is 2.27. The van der Waals surface area contributed by atoms with Gasteiger partial charge in [-0.05, 0) is 30.7 Å². The Morgan fingerprint density at radius 1 is 1.31 bits per heavy atom. The minimum atomic E-state index is -0.619. The summed E-state index contributed by atoms with van der Waals surface area (Å²) in [5.41, 5.74) is 0.970. The Morgan fingerprint density at radius 2 is 2.10 bits per heavy atom. The highest BCUT2D eigenvalue weighted by atomic mass is 35.5. The van der Waals surface area contributed by atoms with Gasteiger partial charge in [0, 0.05) is 11.8 Å². The molecule has 2 aromatic carbocycles. The molecule has 0 radical (unpaired) electrons. The van der Waals surface area contributed by atoms with Gasteiger partial charge in [0.25, 0.3) is 16.8 Å².